The standard InChI is InChI=1S/C25H25NO6/c1-5-26-13-16(19-12-17(29-4)7-9-20(19)26)11-22-24(28)18-8-10-21(15(3)25(18)32-22)31-14-23(27)30-6-2/h7-13H,5-6,14H2,1-4H3/b22-11-. The SMILES string of the molecule is CCOC(=O)COc1ccc2c(c1C)O/C(=C\c1cn(CC)c3ccc(OC)cc13)C2=O. The number of esters is 1. The van der Waals surface area contributed by atoms with E-state index in [0.717, 1.165) is 28.8 Å². The molecule has 4 rings (SSSR count). The first-order valence-electron chi connectivity index (χ1n) is 10.5. The Morgan fingerprint density at radius 3 is 2.72 bits per heavy atom. The minimum atomic E-state index is -0.451. The molecule has 0 aliphatic carbocycles. The van der Waals surface area contributed by atoms with Crippen molar-refractivity contribution in [1.82, 2.24) is 4.57 Å². The number of Topliss-reactive ketones (excluding diaryl/α,β-unsaturated/α-hetero) is 1. The van der Waals surface area contributed by atoms with Crippen LogP contribution in [0.1, 0.15) is 35.3 Å². The third-order valence-electron chi connectivity index (χ3n) is 5.43. The number of aryl methyl sites for hydroxylation is 1. The first-order valence-corrected chi connectivity index (χ1v) is 10.5. The van der Waals surface area contributed by atoms with E-state index in [-0.39, 0.29) is 24.8 Å². The van der Waals surface area contributed by atoms with Crippen molar-refractivity contribution in [1.29, 1.82) is 0 Å². The summed E-state index contributed by atoms with van der Waals surface area (Å²) in [4.78, 5) is 24.6. The molecule has 0 N–H and O–H groups in total. The molecule has 0 unspecified atom stereocenters. The zero-order valence-corrected chi connectivity index (χ0v) is 18.6. The summed E-state index contributed by atoms with van der Waals surface area (Å²) in [7, 11) is 1.63. The van der Waals surface area contributed by atoms with Gasteiger partial charge in [-0.3, -0.25) is 4.79 Å². The Balaban J connectivity index is 1.67. The topological polar surface area (TPSA) is 76.0 Å². The Bertz CT molecular complexity index is 1240. The van der Waals surface area contributed by atoms with Gasteiger partial charge in [0.25, 0.3) is 0 Å². The molecule has 0 atom stereocenters. The van der Waals surface area contributed by atoms with Gasteiger partial charge < -0.3 is 23.5 Å². The zero-order valence-electron chi connectivity index (χ0n) is 18.6. The fraction of sp³-hybridized carbons (Fsp3) is 0.280. The molecule has 3 aromatic rings. The monoisotopic (exact) mass is 435 g/mol. The molecule has 32 heavy (non-hydrogen) atoms. The molecule has 1 aromatic heterocycles. The second-order valence-corrected chi connectivity index (χ2v) is 7.35. The largest absolute Gasteiger partial charge is 0.497 e. The Labute approximate surface area is 186 Å². The number of benzene rings is 2. The highest BCUT2D eigenvalue weighted by Gasteiger charge is 2.30. The van der Waals surface area contributed by atoms with E-state index in [1.165, 1.54) is 0 Å². The van der Waals surface area contributed by atoms with Crippen molar-refractivity contribution >= 4 is 28.7 Å². The Hall–Kier alpha value is -3.74. The highest BCUT2D eigenvalue weighted by atomic mass is 16.6. The van der Waals surface area contributed by atoms with E-state index in [2.05, 4.69) is 11.5 Å². The molecule has 0 spiro atoms. The minimum absolute atomic E-state index is 0.194. The molecule has 0 saturated heterocycles. The lowest BCUT2D eigenvalue weighted by molar-refractivity contribution is -0.145. The molecule has 7 nitrogen and oxygen atoms in total. The van der Waals surface area contributed by atoms with Crippen molar-refractivity contribution in [2.45, 2.75) is 27.3 Å². The number of hydrogen-bond acceptors (Lipinski definition) is 6. The van der Waals surface area contributed by atoms with E-state index in [1.54, 1.807) is 39.2 Å². The van der Waals surface area contributed by atoms with Crippen molar-refractivity contribution in [3.05, 3.63) is 59.0 Å². The van der Waals surface area contributed by atoms with E-state index in [1.807, 2.05) is 24.4 Å². The molecule has 2 aromatic carbocycles. The van der Waals surface area contributed by atoms with Gasteiger partial charge in [-0.25, -0.2) is 4.79 Å². The fourth-order valence-corrected chi connectivity index (χ4v) is 3.81. The average molecular weight is 435 g/mol. The highest BCUT2D eigenvalue weighted by molar-refractivity contribution is 6.15. The summed E-state index contributed by atoms with van der Waals surface area (Å²) < 4.78 is 23.9. The van der Waals surface area contributed by atoms with Crippen LogP contribution < -0.4 is 14.2 Å². The van der Waals surface area contributed by atoms with Gasteiger partial charge in [0.1, 0.15) is 17.2 Å². The highest BCUT2D eigenvalue weighted by Crippen LogP contribution is 2.40. The van der Waals surface area contributed by atoms with Gasteiger partial charge in [0.2, 0.25) is 5.78 Å². The van der Waals surface area contributed by atoms with Crippen molar-refractivity contribution in [3.8, 4) is 17.2 Å². The second kappa shape index (κ2) is 8.78. The van der Waals surface area contributed by atoms with E-state index in [4.69, 9.17) is 18.9 Å². The van der Waals surface area contributed by atoms with Gasteiger partial charge >= 0.3 is 5.97 Å². The van der Waals surface area contributed by atoms with Crippen molar-refractivity contribution in [2.24, 2.45) is 0 Å². The van der Waals surface area contributed by atoms with Crippen LogP contribution in [0, 0.1) is 6.92 Å². The maximum absolute atomic E-state index is 13.0. The first kappa shape index (κ1) is 21.5. The van der Waals surface area contributed by atoms with Gasteiger partial charge in [0.15, 0.2) is 12.4 Å². The molecule has 1 aliphatic heterocycles. The van der Waals surface area contributed by atoms with Crippen LogP contribution in [-0.2, 0) is 16.1 Å². The van der Waals surface area contributed by atoms with Gasteiger partial charge in [0, 0.05) is 34.8 Å². The summed E-state index contributed by atoms with van der Waals surface area (Å²) in [5.41, 5.74) is 3.04. The van der Waals surface area contributed by atoms with E-state index in [0.29, 0.717) is 22.6 Å². The molecular formula is C25H25NO6. The third kappa shape index (κ3) is 3.82. The van der Waals surface area contributed by atoms with Crippen LogP contribution in [0.15, 0.2) is 42.3 Å². The van der Waals surface area contributed by atoms with Crippen LogP contribution in [0.25, 0.3) is 17.0 Å². The van der Waals surface area contributed by atoms with Crippen LogP contribution >= 0.6 is 0 Å². The molecule has 1 aliphatic rings. The van der Waals surface area contributed by atoms with Crippen LogP contribution in [-0.4, -0.2) is 36.6 Å². The maximum Gasteiger partial charge on any atom is 0.344 e. The zero-order chi connectivity index (χ0) is 22.8. The van der Waals surface area contributed by atoms with E-state index in [9.17, 15) is 9.59 Å². The Morgan fingerprint density at radius 2 is 2.00 bits per heavy atom. The maximum atomic E-state index is 13.0. The molecule has 0 radical (unpaired) electrons. The minimum Gasteiger partial charge on any atom is -0.497 e. The number of carbonyl (C=O) groups is 2. The number of ether oxygens (including phenoxy) is 4. The summed E-state index contributed by atoms with van der Waals surface area (Å²) in [5.74, 6) is 1.25. The average Bonchev–Trinajstić information content (AvgIpc) is 3.31. The fourth-order valence-electron chi connectivity index (χ4n) is 3.81. The van der Waals surface area contributed by atoms with Crippen LogP contribution in [0.4, 0.5) is 0 Å². The van der Waals surface area contributed by atoms with Gasteiger partial charge in [0.05, 0.1) is 19.3 Å². The lowest BCUT2D eigenvalue weighted by atomic mass is 10.1. The number of hydrogen-bond donors (Lipinski definition) is 0. The predicted molar refractivity (Wildman–Crippen MR) is 120 cm³/mol. The number of ketones is 1. The molecule has 166 valence electrons. The summed E-state index contributed by atoms with van der Waals surface area (Å²) >= 11 is 0. The third-order valence-corrected chi connectivity index (χ3v) is 5.43. The molecule has 0 fully saturated rings. The van der Waals surface area contributed by atoms with Crippen LogP contribution in [0.5, 0.6) is 17.2 Å². The van der Waals surface area contributed by atoms with Crippen molar-refractivity contribution in [2.75, 3.05) is 20.3 Å². The van der Waals surface area contributed by atoms with Crippen LogP contribution in [0.2, 0.25) is 0 Å². The normalized spacial score (nSPS) is 13.9. The number of aromatic nitrogens is 1. The van der Waals surface area contributed by atoms with Gasteiger partial charge in [-0.15, -0.1) is 0 Å². The predicted octanol–water partition coefficient (Wildman–Crippen LogP) is 4.54. The lowest BCUT2D eigenvalue weighted by Crippen LogP contribution is -2.15. The smallest absolute Gasteiger partial charge is 0.344 e. The lowest BCUT2D eigenvalue weighted by Gasteiger charge is -2.10. The number of nitrogens with zero attached hydrogens (tertiary/aromatic N) is 1. The molecular weight excluding hydrogens is 410 g/mol. The number of methoxy groups -OCH3 is 1. The van der Waals surface area contributed by atoms with Gasteiger partial charge in [-0.1, -0.05) is 0 Å². The van der Waals surface area contributed by atoms with E-state index < -0.39 is 5.97 Å². The molecule has 0 bridgehead atoms. The van der Waals surface area contributed by atoms with Crippen molar-refractivity contribution < 1.29 is 28.5 Å². The molecule has 0 saturated carbocycles. The molecule has 0 amide bonds. The summed E-state index contributed by atoms with van der Waals surface area (Å²) in [6, 6.07) is 9.20. The number of carbonyl (C=O) groups excluding carboxylic acids is 2. The quantitative estimate of drug-likeness (QED) is 0.401. The Kier molecular flexibility index (Phi) is 5.90. The summed E-state index contributed by atoms with van der Waals surface area (Å²) in [5, 5.41) is 0.973. The van der Waals surface area contributed by atoms with Gasteiger partial charge in [-0.2, -0.15) is 0 Å². The molecule has 7 heteroatoms. The number of rotatable bonds is 7. The van der Waals surface area contributed by atoms with Gasteiger partial charge in [-0.05, 0) is 57.2 Å². The Morgan fingerprint density at radius 1 is 1.19 bits per heavy atom. The summed E-state index contributed by atoms with van der Waals surface area (Å²) in [6.07, 6.45) is 3.76. The second-order valence-electron chi connectivity index (χ2n) is 7.35. The van der Waals surface area contributed by atoms with Crippen molar-refractivity contribution in [3.63, 3.8) is 0 Å². The first-order chi connectivity index (χ1) is 15.5. The van der Waals surface area contributed by atoms with Crippen LogP contribution in [0.3, 0.4) is 0 Å². The number of allylic oxidation sites excluding steroid dienone is 1. The van der Waals surface area contributed by atoms with E-state index >= 15 is 0 Å². The summed E-state index contributed by atoms with van der Waals surface area (Å²) in [6.45, 7) is 6.47. The number of fused-ring (bicyclic) bond motifs is 2. The molecule has 2 heterocycles.